The molecule has 1 aliphatic rings. The van der Waals surface area contributed by atoms with E-state index in [4.69, 9.17) is 0 Å². The lowest BCUT2D eigenvalue weighted by atomic mass is 9.81. The first kappa shape index (κ1) is 13.9. The van der Waals surface area contributed by atoms with Crippen LogP contribution >= 0.6 is 0 Å². The van der Waals surface area contributed by atoms with Crippen LogP contribution in [0.2, 0.25) is 0 Å². The third-order valence-corrected chi connectivity index (χ3v) is 4.67. The van der Waals surface area contributed by atoms with Gasteiger partial charge in [-0.25, -0.2) is 13.1 Å². The molecular weight excluding hydrogens is 224 g/mol. The van der Waals surface area contributed by atoms with Gasteiger partial charge in [0.05, 0.1) is 5.75 Å². The molecule has 5 heteroatoms. The van der Waals surface area contributed by atoms with Crippen molar-refractivity contribution in [3.8, 4) is 0 Å². The lowest BCUT2D eigenvalue weighted by molar-refractivity contribution is 0.260. The second-order valence-corrected chi connectivity index (χ2v) is 6.54. The molecule has 0 aromatic rings. The molecule has 0 aromatic carbocycles. The zero-order valence-corrected chi connectivity index (χ0v) is 11.1. The van der Waals surface area contributed by atoms with Crippen LogP contribution in [0.15, 0.2) is 0 Å². The van der Waals surface area contributed by atoms with Gasteiger partial charge in [0, 0.05) is 12.6 Å². The Morgan fingerprint density at radius 2 is 2.00 bits per heavy atom. The summed E-state index contributed by atoms with van der Waals surface area (Å²) in [4.78, 5) is 0. The van der Waals surface area contributed by atoms with E-state index in [1.807, 2.05) is 6.92 Å². The van der Waals surface area contributed by atoms with E-state index >= 15 is 0 Å². The summed E-state index contributed by atoms with van der Waals surface area (Å²) in [6.07, 6.45) is 4.61. The predicted octanol–water partition coefficient (Wildman–Crippen LogP) is 1.09. The minimum absolute atomic E-state index is 0.102. The van der Waals surface area contributed by atoms with Crippen LogP contribution in [-0.4, -0.2) is 33.3 Å². The fourth-order valence-electron chi connectivity index (χ4n) is 1.89. The van der Waals surface area contributed by atoms with Crippen LogP contribution in [0.1, 0.15) is 39.5 Å². The summed E-state index contributed by atoms with van der Waals surface area (Å²) in [5, 5.41) is 3.10. The van der Waals surface area contributed by atoms with Crippen LogP contribution in [0.3, 0.4) is 0 Å². The summed E-state index contributed by atoms with van der Waals surface area (Å²) < 4.78 is 26.2. The highest BCUT2D eigenvalue weighted by molar-refractivity contribution is 7.89. The molecule has 1 fully saturated rings. The molecule has 1 atom stereocenters. The van der Waals surface area contributed by atoms with Crippen LogP contribution in [-0.2, 0) is 10.0 Å². The van der Waals surface area contributed by atoms with Gasteiger partial charge >= 0.3 is 0 Å². The van der Waals surface area contributed by atoms with Crippen LogP contribution in [0.4, 0.5) is 0 Å². The molecule has 0 amide bonds. The van der Waals surface area contributed by atoms with Crippen molar-refractivity contribution < 1.29 is 8.42 Å². The Balaban J connectivity index is 2.21. The molecule has 0 aromatic heterocycles. The van der Waals surface area contributed by atoms with Crippen molar-refractivity contribution in [2.24, 2.45) is 5.92 Å². The first-order valence-corrected chi connectivity index (χ1v) is 7.91. The van der Waals surface area contributed by atoms with Gasteiger partial charge in [-0.1, -0.05) is 13.3 Å². The van der Waals surface area contributed by atoms with E-state index in [0.717, 1.165) is 25.8 Å². The van der Waals surface area contributed by atoms with Gasteiger partial charge < -0.3 is 5.32 Å². The van der Waals surface area contributed by atoms with Gasteiger partial charge in [0.25, 0.3) is 0 Å². The van der Waals surface area contributed by atoms with E-state index < -0.39 is 10.0 Å². The third-order valence-electron chi connectivity index (χ3n) is 3.20. The molecular formula is C11H24N2O2S. The maximum Gasteiger partial charge on any atom is 0.213 e. The lowest BCUT2D eigenvalue weighted by Gasteiger charge is -2.31. The minimum atomic E-state index is -3.10. The quantitative estimate of drug-likeness (QED) is 0.632. The molecule has 0 radical (unpaired) electrons. The fourth-order valence-corrected chi connectivity index (χ4v) is 3.18. The average Bonchev–Trinajstić information content (AvgIpc) is 2.08. The van der Waals surface area contributed by atoms with Crippen molar-refractivity contribution in [3.63, 3.8) is 0 Å². The molecule has 96 valence electrons. The van der Waals surface area contributed by atoms with E-state index in [9.17, 15) is 8.42 Å². The zero-order valence-electron chi connectivity index (χ0n) is 10.3. The van der Waals surface area contributed by atoms with Gasteiger partial charge in [0.15, 0.2) is 0 Å². The van der Waals surface area contributed by atoms with Crippen LogP contribution in [0, 0.1) is 5.92 Å². The molecule has 0 heterocycles. The van der Waals surface area contributed by atoms with E-state index in [-0.39, 0.29) is 11.8 Å². The average molecular weight is 248 g/mol. The smallest absolute Gasteiger partial charge is 0.213 e. The first-order valence-electron chi connectivity index (χ1n) is 6.26. The Kier molecular flexibility index (Phi) is 5.72. The van der Waals surface area contributed by atoms with E-state index in [1.165, 1.54) is 6.42 Å². The minimum Gasteiger partial charge on any atom is -0.316 e. The van der Waals surface area contributed by atoms with E-state index in [1.54, 1.807) is 0 Å². The summed E-state index contributed by atoms with van der Waals surface area (Å²) >= 11 is 0. The maximum atomic E-state index is 11.7. The van der Waals surface area contributed by atoms with Gasteiger partial charge in [0.1, 0.15) is 0 Å². The second kappa shape index (κ2) is 6.57. The SMILES string of the molecule is CCCNCCS(=O)(=O)NC(C)C1CCC1. The Labute approximate surface area is 99.2 Å². The molecule has 2 N–H and O–H groups in total. The lowest BCUT2D eigenvalue weighted by Crippen LogP contribution is -2.43. The number of nitrogens with one attached hydrogen (secondary N) is 2. The highest BCUT2D eigenvalue weighted by Gasteiger charge is 2.26. The Morgan fingerprint density at radius 1 is 1.31 bits per heavy atom. The number of sulfonamides is 1. The summed E-state index contributed by atoms with van der Waals surface area (Å²) in [7, 11) is -3.10. The van der Waals surface area contributed by atoms with Crippen molar-refractivity contribution in [1.82, 2.24) is 10.0 Å². The molecule has 0 saturated heterocycles. The van der Waals surface area contributed by atoms with Crippen molar-refractivity contribution in [2.75, 3.05) is 18.8 Å². The van der Waals surface area contributed by atoms with Gasteiger partial charge in [-0.15, -0.1) is 0 Å². The fraction of sp³-hybridized carbons (Fsp3) is 1.00. The van der Waals surface area contributed by atoms with Crippen molar-refractivity contribution >= 4 is 10.0 Å². The Bertz CT molecular complexity index is 286. The van der Waals surface area contributed by atoms with Crippen LogP contribution in [0.5, 0.6) is 0 Å². The van der Waals surface area contributed by atoms with Crippen LogP contribution in [0.25, 0.3) is 0 Å². The molecule has 1 aliphatic carbocycles. The Morgan fingerprint density at radius 3 is 2.50 bits per heavy atom. The molecule has 0 spiro atoms. The predicted molar refractivity (Wildman–Crippen MR) is 66.9 cm³/mol. The standard InChI is InChI=1S/C11H24N2O2S/c1-3-7-12-8-9-16(14,15)13-10(2)11-5-4-6-11/h10-13H,3-9H2,1-2H3. The van der Waals surface area contributed by atoms with Gasteiger partial charge in [-0.2, -0.15) is 0 Å². The second-order valence-electron chi connectivity index (χ2n) is 4.67. The normalized spacial score (nSPS) is 19.4. The summed E-state index contributed by atoms with van der Waals surface area (Å²) in [5.41, 5.74) is 0. The third kappa shape index (κ3) is 4.80. The molecule has 16 heavy (non-hydrogen) atoms. The van der Waals surface area contributed by atoms with Gasteiger partial charge in [-0.05, 0) is 38.6 Å². The molecule has 1 saturated carbocycles. The summed E-state index contributed by atoms with van der Waals surface area (Å²) in [6, 6.07) is 0.102. The molecule has 0 aliphatic heterocycles. The highest BCUT2D eigenvalue weighted by Crippen LogP contribution is 2.29. The number of rotatable bonds is 8. The van der Waals surface area contributed by atoms with E-state index in [0.29, 0.717) is 12.5 Å². The van der Waals surface area contributed by atoms with Crippen molar-refractivity contribution in [1.29, 1.82) is 0 Å². The first-order chi connectivity index (χ1) is 7.55. The van der Waals surface area contributed by atoms with Gasteiger partial charge in [-0.3, -0.25) is 0 Å². The maximum absolute atomic E-state index is 11.7. The monoisotopic (exact) mass is 248 g/mol. The zero-order chi connectivity index (χ0) is 12.0. The van der Waals surface area contributed by atoms with Gasteiger partial charge in [0.2, 0.25) is 10.0 Å². The van der Waals surface area contributed by atoms with Crippen molar-refractivity contribution in [2.45, 2.75) is 45.6 Å². The molecule has 1 unspecified atom stereocenters. The Hall–Kier alpha value is -0.130. The van der Waals surface area contributed by atoms with E-state index in [2.05, 4.69) is 17.0 Å². The number of hydrogen-bond donors (Lipinski definition) is 2. The molecule has 4 nitrogen and oxygen atoms in total. The molecule has 1 rings (SSSR count). The highest BCUT2D eigenvalue weighted by atomic mass is 32.2. The number of hydrogen-bond acceptors (Lipinski definition) is 3. The summed E-state index contributed by atoms with van der Waals surface area (Å²) in [6.45, 7) is 5.47. The topological polar surface area (TPSA) is 58.2 Å². The largest absolute Gasteiger partial charge is 0.316 e. The van der Waals surface area contributed by atoms with Crippen LogP contribution < -0.4 is 10.0 Å². The summed E-state index contributed by atoms with van der Waals surface area (Å²) in [5.74, 6) is 0.739. The molecule has 0 bridgehead atoms. The van der Waals surface area contributed by atoms with Crippen molar-refractivity contribution in [3.05, 3.63) is 0 Å².